The minimum Gasteiger partial charge on any atom is -0.323 e. The predicted molar refractivity (Wildman–Crippen MR) is 103 cm³/mol. The lowest BCUT2D eigenvalue weighted by molar-refractivity contribution is -0.384. The highest BCUT2D eigenvalue weighted by atomic mass is 35.5. The lowest BCUT2D eigenvalue weighted by Gasteiger charge is -2.24. The fourth-order valence-corrected chi connectivity index (χ4v) is 4.02. The molecule has 2 aromatic carbocycles. The second-order valence-corrected chi connectivity index (χ2v) is 7.83. The van der Waals surface area contributed by atoms with E-state index in [1.54, 1.807) is 6.92 Å². The molecule has 0 spiro atoms. The summed E-state index contributed by atoms with van der Waals surface area (Å²) in [6.07, 6.45) is 0. The van der Waals surface area contributed by atoms with Crippen LogP contribution >= 0.6 is 24.0 Å². The Hall–Kier alpha value is -1.78. The van der Waals surface area contributed by atoms with Crippen molar-refractivity contribution in [2.75, 3.05) is 13.1 Å². The summed E-state index contributed by atoms with van der Waals surface area (Å²) in [4.78, 5) is 10.0. The van der Waals surface area contributed by atoms with Crippen LogP contribution in [0.2, 0.25) is 5.02 Å². The van der Waals surface area contributed by atoms with Crippen LogP contribution in [0, 0.1) is 15.9 Å². The number of rotatable bonds is 7. The Balaban J connectivity index is 0.00000364. The van der Waals surface area contributed by atoms with Gasteiger partial charge in [0.1, 0.15) is 5.82 Å². The monoisotopic (exact) mass is 437 g/mol. The molecule has 0 saturated heterocycles. The Labute approximate surface area is 167 Å². The van der Waals surface area contributed by atoms with E-state index in [9.17, 15) is 22.9 Å². The molecule has 11 heteroatoms. The highest BCUT2D eigenvalue weighted by Gasteiger charge is 2.26. The van der Waals surface area contributed by atoms with Crippen molar-refractivity contribution in [2.24, 2.45) is 5.73 Å². The molecule has 148 valence electrons. The van der Waals surface area contributed by atoms with Crippen LogP contribution < -0.4 is 5.73 Å². The number of hydrogen-bond acceptors (Lipinski definition) is 5. The molecule has 2 aromatic rings. The third-order valence-electron chi connectivity index (χ3n) is 3.81. The van der Waals surface area contributed by atoms with Crippen LogP contribution in [0.1, 0.15) is 18.5 Å². The molecule has 0 aliphatic rings. The second-order valence-electron chi connectivity index (χ2n) is 5.49. The first kappa shape index (κ1) is 23.3. The van der Waals surface area contributed by atoms with E-state index in [4.69, 9.17) is 17.3 Å². The molecule has 0 radical (unpaired) electrons. The van der Waals surface area contributed by atoms with Gasteiger partial charge in [-0.1, -0.05) is 24.6 Å². The largest absolute Gasteiger partial charge is 0.323 e. The Bertz CT molecular complexity index is 910. The van der Waals surface area contributed by atoms with E-state index in [1.165, 1.54) is 30.3 Å². The molecule has 0 amide bonds. The van der Waals surface area contributed by atoms with Gasteiger partial charge in [0.15, 0.2) is 0 Å². The Kier molecular flexibility index (Phi) is 8.12. The molecule has 0 bridgehead atoms. The van der Waals surface area contributed by atoms with Gasteiger partial charge >= 0.3 is 0 Å². The fraction of sp³-hybridized carbons (Fsp3) is 0.250. The maximum atomic E-state index is 13.3. The second kappa shape index (κ2) is 9.43. The van der Waals surface area contributed by atoms with Gasteiger partial charge in [-0.25, -0.2) is 12.8 Å². The van der Waals surface area contributed by atoms with Crippen LogP contribution in [-0.2, 0) is 10.0 Å². The molecule has 1 atom stereocenters. The van der Waals surface area contributed by atoms with Crippen molar-refractivity contribution in [3.05, 3.63) is 69.0 Å². The molecule has 7 nitrogen and oxygen atoms in total. The summed E-state index contributed by atoms with van der Waals surface area (Å²) in [6, 6.07) is 7.85. The van der Waals surface area contributed by atoms with Gasteiger partial charge in [0, 0.05) is 31.3 Å². The smallest absolute Gasteiger partial charge is 0.269 e. The number of hydrogen-bond donors (Lipinski definition) is 1. The van der Waals surface area contributed by atoms with Crippen molar-refractivity contribution < 1.29 is 17.7 Å². The average Bonchev–Trinajstić information content (AvgIpc) is 2.61. The van der Waals surface area contributed by atoms with Gasteiger partial charge in [-0.3, -0.25) is 10.1 Å². The van der Waals surface area contributed by atoms with E-state index >= 15 is 0 Å². The summed E-state index contributed by atoms with van der Waals surface area (Å²) in [6.45, 7) is 1.73. The molecule has 0 aromatic heterocycles. The number of nitrogens with two attached hydrogens (primary N) is 1. The van der Waals surface area contributed by atoms with Gasteiger partial charge in [0.05, 0.1) is 14.8 Å². The first-order valence-electron chi connectivity index (χ1n) is 7.62. The quantitative estimate of drug-likeness (QED) is 0.526. The van der Waals surface area contributed by atoms with E-state index < -0.39 is 26.8 Å². The zero-order valence-electron chi connectivity index (χ0n) is 14.2. The van der Waals surface area contributed by atoms with Gasteiger partial charge in [-0.2, -0.15) is 4.31 Å². The normalized spacial score (nSPS) is 12.5. The van der Waals surface area contributed by atoms with Crippen LogP contribution in [-0.4, -0.2) is 30.7 Å². The predicted octanol–water partition coefficient (Wildman–Crippen LogP) is 3.52. The molecule has 0 aliphatic heterocycles. The number of benzene rings is 2. The Morgan fingerprint density at radius 2 is 1.85 bits per heavy atom. The molecule has 0 aliphatic carbocycles. The van der Waals surface area contributed by atoms with Crippen molar-refractivity contribution in [3.63, 3.8) is 0 Å². The van der Waals surface area contributed by atoms with Crippen LogP contribution in [0.15, 0.2) is 47.4 Å². The van der Waals surface area contributed by atoms with Gasteiger partial charge in [-0.05, 0) is 29.8 Å². The highest BCUT2D eigenvalue weighted by Crippen LogP contribution is 2.24. The first-order valence-corrected chi connectivity index (χ1v) is 9.43. The maximum absolute atomic E-state index is 13.3. The minimum absolute atomic E-state index is 0. The van der Waals surface area contributed by atoms with Crippen LogP contribution in [0.4, 0.5) is 10.1 Å². The molecule has 0 unspecified atom stereocenters. The molecule has 2 N–H and O–H groups in total. The summed E-state index contributed by atoms with van der Waals surface area (Å²) < 4.78 is 39.9. The van der Waals surface area contributed by atoms with Crippen LogP contribution in [0.5, 0.6) is 0 Å². The molecule has 0 fully saturated rings. The van der Waals surface area contributed by atoms with Gasteiger partial charge in [-0.15, -0.1) is 12.4 Å². The topological polar surface area (TPSA) is 107 Å². The first-order chi connectivity index (χ1) is 12.2. The number of non-ortho nitro benzene ring substituents is 1. The van der Waals surface area contributed by atoms with E-state index in [1.807, 2.05) is 0 Å². The summed E-state index contributed by atoms with van der Waals surface area (Å²) in [5.41, 5.74) is 6.34. The number of likely N-dealkylation sites (N-methyl/N-ethyl adjacent to an activating group) is 1. The summed E-state index contributed by atoms with van der Waals surface area (Å²) in [5.74, 6) is -0.589. The molecule has 2 rings (SSSR count). The number of nitrogens with zero attached hydrogens (tertiary/aromatic N) is 2. The van der Waals surface area contributed by atoms with Crippen molar-refractivity contribution in [1.29, 1.82) is 0 Å². The summed E-state index contributed by atoms with van der Waals surface area (Å²) in [7, 11) is -3.89. The standard InChI is InChI=1S/C16H17ClFN3O4S.ClH/c1-2-20(10-16(19)11-3-8-15(18)14(17)9-11)26(24,25)13-6-4-12(5-7-13)21(22)23;/h3-9,16H,2,10,19H2,1H3;1H/t16-;/m1./s1. The zero-order valence-corrected chi connectivity index (χ0v) is 16.6. The average molecular weight is 438 g/mol. The molecular weight excluding hydrogens is 420 g/mol. The van der Waals surface area contributed by atoms with Gasteiger partial charge in [0.2, 0.25) is 10.0 Å². The molecular formula is C16H18Cl2FN3O4S. The van der Waals surface area contributed by atoms with Crippen molar-refractivity contribution in [3.8, 4) is 0 Å². The lowest BCUT2D eigenvalue weighted by atomic mass is 10.1. The maximum Gasteiger partial charge on any atom is 0.269 e. The van der Waals surface area contributed by atoms with E-state index in [0.29, 0.717) is 5.56 Å². The number of nitro groups is 1. The third kappa shape index (κ3) is 5.36. The van der Waals surface area contributed by atoms with E-state index in [2.05, 4.69) is 0 Å². The number of nitro benzene ring substituents is 1. The SMILES string of the molecule is CCN(C[C@@H](N)c1ccc(F)c(Cl)c1)S(=O)(=O)c1ccc([N+](=O)[O-])cc1.Cl. The molecule has 0 saturated carbocycles. The van der Waals surface area contributed by atoms with E-state index in [-0.39, 0.29) is 41.1 Å². The van der Waals surface area contributed by atoms with Crippen LogP contribution in [0.25, 0.3) is 0 Å². The van der Waals surface area contributed by atoms with Gasteiger partial charge < -0.3 is 5.73 Å². The van der Waals surface area contributed by atoms with Crippen molar-refractivity contribution in [2.45, 2.75) is 17.9 Å². The van der Waals surface area contributed by atoms with Crippen LogP contribution in [0.3, 0.4) is 0 Å². The number of sulfonamides is 1. The highest BCUT2D eigenvalue weighted by molar-refractivity contribution is 7.89. The molecule has 27 heavy (non-hydrogen) atoms. The van der Waals surface area contributed by atoms with Crippen molar-refractivity contribution >= 4 is 39.7 Å². The fourth-order valence-electron chi connectivity index (χ4n) is 2.35. The summed E-state index contributed by atoms with van der Waals surface area (Å²) >= 11 is 5.74. The molecule has 0 heterocycles. The zero-order chi connectivity index (χ0) is 19.5. The number of halogens is 3. The summed E-state index contributed by atoms with van der Waals surface area (Å²) in [5, 5.41) is 10.6. The Morgan fingerprint density at radius 1 is 1.26 bits per heavy atom. The minimum atomic E-state index is -3.89. The lowest BCUT2D eigenvalue weighted by Crippen LogP contribution is -2.37. The van der Waals surface area contributed by atoms with Gasteiger partial charge in [0.25, 0.3) is 5.69 Å². The van der Waals surface area contributed by atoms with Crippen molar-refractivity contribution in [1.82, 2.24) is 4.31 Å². The Morgan fingerprint density at radius 3 is 2.33 bits per heavy atom. The van der Waals surface area contributed by atoms with E-state index in [0.717, 1.165) is 16.4 Å². The third-order valence-corrected chi connectivity index (χ3v) is 6.05.